The number of nitrogens with zero attached hydrogens (tertiary/aromatic N) is 18. The first-order valence-corrected chi connectivity index (χ1v) is 14.9. The second-order valence-corrected chi connectivity index (χ2v) is 10.4. The molecule has 19 heteroatoms. The molecule has 244 valence electrons. The predicted octanol–water partition coefficient (Wildman–Crippen LogP) is 3.26. The molecule has 0 spiro atoms. The molecule has 0 saturated carbocycles. The van der Waals surface area contributed by atoms with Crippen LogP contribution >= 0.6 is 0 Å². The van der Waals surface area contributed by atoms with E-state index in [4.69, 9.17) is 4.42 Å². The van der Waals surface area contributed by atoms with Gasteiger partial charge >= 0.3 is 0 Å². The van der Waals surface area contributed by atoms with Gasteiger partial charge < -0.3 is 4.42 Å². The van der Waals surface area contributed by atoms with Gasteiger partial charge in [0.15, 0.2) is 35.0 Å². The van der Waals surface area contributed by atoms with Crippen LogP contribution in [-0.4, -0.2) is 101 Å². The Morgan fingerprint density at radius 3 is 1.53 bits per heavy atom. The van der Waals surface area contributed by atoms with Crippen LogP contribution in [0.5, 0.6) is 0 Å². The smallest absolute Gasteiger partial charge is 0.167 e. The van der Waals surface area contributed by atoms with Gasteiger partial charge in [-0.25, -0.2) is 79.8 Å². The number of hydrogen-bond donors (Lipinski definition) is 0. The van der Waals surface area contributed by atoms with Crippen molar-refractivity contribution in [2.45, 2.75) is 6.92 Å². The number of benzene rings is 2. The second-order valence-electron chi connectivity index (χ2n) is 10.4. The van der Waals surface area contributed by atoms with Gasteiger partial charge in [-0.15, -0.1) is 0 Å². The van der Waals surface area contributed by atoms with Crippen LogP contribution in [0.4, 0.5) is 0 Å². The van der Waals surface area contributed by atoms with Crippen molar-refractivity contribution in [3.63, 3.8) is 0 Å². The Bertz CT molecular complexity index is 2600. The number of furan rings is 1. The molecule has 0 aliphatic carbocycles. The normalized spacial score (nSPS) is 11.8. The highest BCUT2D eigenvalue weighted by Gasteiger charge is 2.34. The van der Waals surface area contributed by atoms with E-state index in [1.807, 2.05) is 13.0 Å². The van der Waals surface area contributed by atoms with Crippen molar-refractivity contribution in [1.29, 1.82) is 0 Å². The molecule has 0 atom stereocenters. The number of fused-ring (bicyclic) bond motifs is 3. The highest BCUT2D eigenvalue weighted by molar-refractivity contribution is 6.27. The molecule has 0 bridgehead atoms. The summed E-state index contributed by atoms with van der Waals surface area (Å²) in [7, 11) is 1.58. The Balaban J connectivity index is 1.70. The van der Waals surface area contributed by atoms with E-state index in [2.05, 4.69) is 96.5 Å². The average Bonchev–Trinajstić information content (AvgIpc) is 3.57. The molecule has 0 fully saturated rings. The fraction of sp³-hybridized carbons (Fsp3) is 0.0625. The third-order valence-corrected chi connectivity index (χ3v) is 7.77. The van der Waals surface area contributed by atoms with Crippen LogP contribution in [0.25, 0.3) is 78.9 Å². The Kier molecular flexibility index (Phi) is 7.85. The van der Waals surface area contributed by atoms with Gasteiger partial charge in [-0.3, -0.25) is 9.98 Å². The van der Waals surface area contributed by atoms with Crippen LogP contribution in [0.15, 0.2) is 88.7 Å². The van der Waals surface area contributed by atoms with Crippen molar-refractivity contribution < 1.29 is 4.42 Å². The van der Waals surface area contributed by atoms with Crippen LogP contribution in [0.1, 0.15) is 11.1 Å². The van der Waals surface area contributed by atoms with E-state index in [0.717, 1.165) is 5.56 Å². The van der Waals surface area contributed by atoms with Crippen molar-refractivity contribution in [1.82, 2.24) is 74.8 Å². The van der Waals surface area contributed by atoms with Crippen molar-refractivity contribution in [2.75, 3.05) is 7.05 Å². The minimum Gasteiger partial charge on any atom is -0.454 e. The third-order valence-electron chi connectivity index (χ3n) is 7.77. The zero-order valence-corrected chi connectivity index (χ0v) is 26.6. The Labute approximate surface area is 286 Å². The zero-order valence-electron chi connectivity index (χ0n) is 26.6. The number of aliphatic imine (C=N–C) groups is 3. The van der Waals surface area contributed by atoms with Gasteiger partial charge in [0, 0.05) is 40.1 Å². The molecular formula is C32H20N18O. The average molecular weight is 673 g/mol. The highest BCUT2D eigenvalue weighted by atomic mass is 16.3. The Morgan fingerprint density at radius 2 is 1.04 bits per heavy atom. The van der Waals surface area contributed by atoms with Crippen LogP contribution < -0.4 is 0 Å². The van der Waals surface area contributed by atoms with Gasteiger partial charge in [0.2, 0.25) is 0 Å². The highest BCUT2D eigenvalue weighted by Crippen LogP contribution is 2.50. The summed E-state index contributed by atoms with van der Waals surface area (Å²) >= 11 is 0. The van der Waals surface area contributed by atoms with E-state index in [0.29, 0.717) is 67.0 Å². The van der Waals surface area contributed by atoms with E-state index in [1.54, 1.807) is 7.05 Å². The van der Waals surface area contributed by atoms with E-state index in [-0.39, 0.29) is 23.3 Å². The molecule has 8 rings (SSSR count). The van der Waals surface area contributed by atoms with E-state index < -0.39 is 0 Å². The van der Waals surface area contributed by atoms with Crippen LogP contribution in [-0.2, 0) is 0 Å². The molecule has 2 aromatic carbocycles. The van der Waals surface area contributed by atoms with E-state index in [9.17, 15) is 0 Å². The summed E-state index contributed by atoms with van der Waals surface area (Å²) in [4.78, 5) is 78.5. The third kappa shape index (κ3) is 5.26. The summed E-state index contributed by atoms with van der Waals surface area (Å²) in [5.41, 5.74) is 4.35. The van der Waals surface area contributed by atoms with Crippen LogP contribution in [0, 0.1) is 6.92 Å². The predicted molar refractivity (Wildman–Crippen MR) is 183 cm³/mol. The van der Waals surface area contributed by atoms with Crippen LogP contribution in [0.3, 0.4) is 0 Å². The summed E-state index contributed by atoms with van der Waals surface area (Å²) < 4.78 is 6.97. The Morgan fingerprint density at radius 1 is 0.588 bits per heavy atom. The summed E-state index contributed by atoms with van der Waals surface area (Å²) in [5.74, 6) is 1.70. The van der Waals surface area contributed by atoms with Gasteiger partial charge in [-0.05, 0) is 25.3 Å². The maximum Gasteiger partial charge on any atom is 0.167 e. The first-order valence-electron chi connectivity index (χ1n) is 14.9. The van der Waals surface area contributed by atoms with Crippen molar-refractivity contribution in [2.24, 2.45) is 15.0 Å². The van der Waals surface area contributed by atoms with Crippen molar-refractivity contribution in [3.05, 3.63) is 80.5 Å². The molecule has 0 unspecified atom stereocenters. The standard InChI is InChI=1S/C32H20N18O/c1-16-17(27-41-6-35-7-42-27)4-18-20-21(30-45-10-37-11-46-30)22(31-47-12-38-13-48-31)23(28(34-3)40-5-33-2)24(32-49-14-39-15-50-32)26(20)51-25(18)19(16)29-43-8-36-9-44-29/h4-15H,2H2,1,3H3/b34-28-,40-5-. The van der Waals surface area contributed by atoms with Gasteiger partial charge in [0.25, 0.3) is 0 Å². The fourth-order valence-electron chi connectivity index (χ4n) is 5.80. The Hall–Kier alpha value is -7.70. The maximum atomic E-state index is 6.97. The van der Waals surface area contributed by atoms with Gasteiger partial charge in [0.1, 0.15) is 80.8 Å². The first-order chi connectivity index (χ1) is 25.2. The SMILES string of the molecule is C=N/C=N\C(=N/C)c1c(-c2ncncn2)c(-c2ncncn2)c2c(oc3c(-c4ncncn4)c(C)c(-c4ncncn4)cc32)c1-c1ncncn1. The van der Waals surface area contributed by atoms with Gasteiger partial charge in [-0.2, -0.15) is 0 Å². The van der Waals surface area contributed by atoms with Crippen molar-refractivity contribution in [3.8, 4) is 56.9 Å². The summed E-state index contributed by atoms with van der Waals surface area (Å²) in [5, 5.41) is 1.14. The molecule has 6 aromatic heterocycles. The molecule has 0 aliphatic rings. The number of rotatable bonds is 7. The molecule has 8 aromatic rings. The lowest BCUT2D eigenvalue weighted by Crippen LogP contribution is -2.10. The van der Waals surface area contributed by atoms with Crippen LogP contribution in [0.2, 0.25) is 0 Å². The molecular weight excluding hydrogens is 652 g/mol. The second kappa shape index (κ2) is 13.1. The fourth-order valence-corrected chi connectivity index (χ4v) is 5.80. The lowest BCUT2D eigenvalue weighted by atomic mass is 9.88. The molecule has 6 heterocycles. The van der Waals surface area contributed by atoms with Crippen molar-refractivity contribution >= 4 is 40.8 Å². The molecule has 0 N–H and O–H groups in total. The first kappa shape index (κ1) is 30.6. The number of hydrogen-bond acceptors (Lipinski definition) is 17. The lowest BCUT2D eigenvalue weighted by molar-refractivity contribution is 0.669. The molecule has 0 amide bonds. The maximum absolute atomic E-state index is 6.97. The zero-order chi connectivity index (χ0) is 34.7. The molecule has 0 aliphatic heterocycles. The van der Waals surface area contributed by atoms with Gasteiger partial charge in [-0.1, -0.05) is 0 Å². The molecule has 0 saturated heterocycles. The van der Waals surface area contributed by atoms with E-state index in [1.165, 1.54) is 69.6 Å². The quantitative estimate of drug-likeness (QED) is 0.174. The minimum absolute atomic E-state index is 0.200. The number of amidine groups is 1. The number of aromatic nitrogens is 15. The summed E-state index contributed by atoms with van der Waals surface area (Å²) in [6.45, 7) is 5.46. The van der Waals surface area contributed by atoms with Gasteiger partial charge in [0.05, 0.1) is 11.1 Å². The molecule has 19 nitrogen and oxygen atoms in total. The minimum atomic E-state index is 0.200. The molecule has 51 heavy (non-hydrogen) atoms. The summed E-state index contributed by atoms with van der Waals surface area (Å²) in [6, 6.07) is 1.92. The topological polar surface area (TPSA) is 244 Å². The largest absolute Gasteiger partial charge is 0.454 e. The summed E-state index contributed by atoms with van der Waals surface area (Å²) in [6.07, 6.45) is 15.2. The lowest BCUT2D eigenvalue weighted by Gasteiger charge is -2.18. The molecule has 0 radical (unpaired) electrons. The monoisotopic (exact) mass is 672 g/mol. The van der Waals surface area contributed by atoms with E-state index >= 15 is 0 Å².